The van der Waals surface area contributed by atoms with Crippen LogP contribution in [0.5, 0.6) is 0 Å². The molecule has 0 N–H and O–H groups in total. The van der Waals surface area contributed by atoms with Gasteiger partial charge in [0.1, 0.15) is 0 Å². The molecule has 126 valence electrons. The maximum absolute atomic E-state index is 9.82. The number of ether oxygens (including phenoxy) is 1. The Hall–Kier alpha value is -2.26. The van der Waals surface area contributed by atoms with E-state index in [2.05, 4.69) is 59.8 Å². The number of fused-ring (bicyclic) bond motifs is 1. The number of halogens is 1. The Bertz CT molecular complexity index is 852. The van der Waals surface area contributed by atoms with Crippen molar-refractivity contribution >= 4 is 28.5 Å². The molecule has 1 aromatic heterocycles. The zero-order valence-electron chi connectivity index (χ0n) is 14.5. The summed E-state index contributed by atoms with van der Waals surface area (Å²) >= 11 is 6.12. The van der Waals surface area contributed by atoms with Gasteiger partial charge in [0.15, 0.2) is 0 Å². The lowest BCUT2D eigenvalue weighted by molar-refractivity contribution is -0.140. The Morgan fingerprint density at radius 2 is 1.88 bits per heavy atom. The zero-order chi connectivity index (χ0) is 17.7. The number of carbonyl (C=O) groups is 1. The fourth-order valence-corrected chi connectivity index (χ4v) is 2.83. The van der Waals surface area contributed by atoms with Crippen molar-refractivity contribution in [2.24, 2.45) is 7.05 Å². The monoisotopic (exact) mass is 343 g/mol. The van der Waals surface area contributed by atoms with Gasteiger partial charge in [-0.05, 0) is 43.2 Å². The number of benzene rings is 2. The van der Waals surface area contributed by atoms with Crippen LogP contribution in [0.2, 0.25) is 5.02 Å². The summed E-state index contributed by atoms with van der Waals surface area (Å²) < 4.78 is 6.55. The molecule has 4 heteroatoms. The third-order valence-corrected chi connectivity index (χ3v) is 3.97. The first-order valence-corrected chi connectivity index (χ1v) is 8.25. The third kappa shape index (κ3) is 4.18. The number of aryl methyl sites for hydroxylation is 2. The first-order valence-electron chi connectivity index (χ1n) is 7.88. The predicted molar refractivity (Wildman–Crippen MR) is 100 cm³/mol. The van der Waals surface area contributed by atoms with E-state index < -0.39 is 0 Å². The van der Waals surface area contributed by atoms with Gasteiger partial charge in [0.25, 0.3) is 0 Å². The second kappa shape index (κ2) is 8.02. The summed E-state index contributed by atoms with van der Waals surface area (Å²) in [6, 6.07) is 14.5. The molecule has 0 spiro atoms. The van der Waals surface area contributed by atoms with Crippen molar-refractivity contribution in [1.82, 2.24) is 4.57 Å². The van der Waals surface area contributed by atoms with E-state index in [0.29, 0.717) is 6.61 Å². The molecular weight excluding hydrogens is 322 g/mol. The van der Waals surface area contributed by atoms with E-state index in [1.165, 1.54) is 34.5 Å². The largest absolute Gasteiger partial charge is 0.466 e. The number of rotatable bonds is 2. The van der Waals surface area contributed by atoms with Crippen molar-refractivity contribution in [3.63, 3.8) is 0 Å². The van der Waals surface area contributed by atoms with Gasteiger partial charge in [-0.2, -0.15) is 0 Å². The molecule has 3 rings (SSSR count). The predicted octanol–water partition coefficient (Wildman–Crippen LogP) is 5.38. The van der Waals surface area contributed by atoms with Crippen molar-refractivity contribution in [3.05, 3.63) is 59.2 Å². The summed E-state index contributed by atoms with van der Waals surface area (Å²) in [5.74, 6) is -0.211. The Balaban J connectivity index is 0.000000301. The van der Waals surface area contributed by atoms with Gasteiger partial charge in [-0.15, -0.1) is 0 Å². The number of hydrogen-bond donors (Lipinski definition) is 0. The Morgan fingerprint density at radius 1 is 1.17 bits per heavy atom. The minimum absolute atomic E-state index is 0.211. The lowest BCUT2D eigenvalue weighted by atomic mass is 10.0. The molecule has 0 aliphatic rings. The molecule has 0 bridgehead atoms. The van der Waals surface area contributed by atoms with Gasteiger partial charge >= 0.3 is 5.97 Å². The molecule has 3 nitrogen and oxygen atoms in total. The highest BCUT2D eigenvalue weighted by Crippen LogP contribution is 2.33. The molecule has 2 aromatic carbocycles. The fraction of sp³-hybridized carbons (Fsp3) is 0.250. The van der Waals surface area contributed by atoms with E-state index in [9.17, 15) is 4.79 Å². The summed E-state index contributed by atoms with van der Waals surface area (Å²) in [6.45, 7) is 5.79. The highest BCUT2D eigenvalue weighted by molar-refractivity contribution is 6.31. The lowest BCUT2D eigenvalue weighted by Crippen LogP contribution is -1.95. The molecule has 3 aromatic rings. The number of hydrogen-bond acceptors (Lipinski definition) is 2. The molecule has 0 aliphatic heterocycles. The maximum Gasteiger partial charge on any atom is 0.302 e. The smallest absolute Gasteiger partial charge is 0.302 e. The second-order valence-corrected chi connectivity index (χ2v) is 5.99. The van der Waals surface area contributed by atoms with Crippen LogP contribution in [-0.2, 0) is 16.6 Å². The molecule has 0 aliphatic carbocycles. The van der Waals surface area contributed by atoms with Crippen LogP contribution in [0.3, 0.4) is 0 Å². The molecule has 0 amide bonds. The molecule has 24 heavy (non-hydrogen) atoms. The van der Waals surface area contributed by atoms with E-state index in [0.717, 1.165) is 5.02 Å². The first-order chi connectivity index (χ1) is 11.4. The summed E-state index contributed by atoms with van der Waals surface area (Å²) in [5, 5.41) is 1.99. The Morgan fingerprint density at radius 3 is 2.46 bits per heavy atom. The first kappa shape index (κ1) is 18.1. The standard InChI is InChI=1S/C16H14ClN.C4H8O2/c1-11-5-3-4-6-13(11)15-10-18(2)16-8-7-12(17)9-14(15)16;1-3-6-4(2)5/h3-10H,1-2H3;3H2,1-2H3. The van der Waals surface area contributed by atoms with Crippen molar-refractivity contribution in [3.8, 4) is 11.1 Å². The molecule has 0 radical (unpaired) electrons. The van der Waals surface area contributed by atoms with Gasteiger partial charge in [0.2, 0.25) is 0 Å². The van der Waals surface area contributed by atoms with Crippen molar-refractivity contribution < 1.29 is 9.53 Å². The van der Waals surface area contributed by atoms with E-state index in [-0.39, 0.29) is 5.97 Å². The Kier molecular flexibility index (Phi) is 6.04. The van der Waals surface area contributed by atoms with Crippen LogP contribution in [-0.4, -0.2) is 17.1 Å². The highest BCUT2D eigenvalue weighted by atomic mass is 35.5. The van der Waals surface area contributed by atoms with Crippen LogP contribution in [0, 0.1) is 6.92 Å². The van der Waals surface area contributed by atoms with Gasteiger partial charge in [-0.3, -0.25) is 4.79 Å². The van der Waals surface area contributed by atoms with Crippen LogP contribution in [0.25, 0.3) is 22.0 Å². The summed E-state index contributed by atoms with van der Waals surface area (Å²) in [6.07, 6.45) is 2.17. The molecule has 0 saturated heterocycles. The SMILES string of the molecule is CCOC(C)=O.Cc1ccccc1-c1cn(C)c2ccc(Cl)cc12. The number of esters is 1. The summed E-state index contributed by atoms with van der Waals surface area (Å²) in [4.78, 5) is 9.82. The molecular formula is C20H22ClNO2. The average molecular weight is 344 g/mol. The van der Waals surface area contributed by atoms with Crippen LogP contribution in [0.1, 0.15) is 19.4 Å². The van der Waals surface area contributed by atoms with Crippen molar-refractivity contribution in [1.29, 1.82) is 0 Å². The van der Waals surface area contributed by atoms with Gasteiger partial charge in [0.05, 0.1) is 6.61 Å². The third-order valence-electron chi connectivity index (χ3n) is 3.73. The average Bonchev–Trinajstić information content (AvgIpc) is 2.84. The van der Waals surface area contributed by atoms with Gasteiger partial charge in [-0.1, -0.05) is 35.9 Å². The maximum atomic E-state index is 9.82. The van der Waals surface area contributed by atoms with Crippen LogP contribution in [0.4, 0.5) is 0 Å². The van der Waals surface area contributed by atoms with Gasteiger partial charge in [-0.25, -0.2) is 0 Å². The number of carbonyl (C=O) groups excluding carboxylic acids is 1. The number of aromatic nitrogens is 1. The molecule has 0 fully saturated rings. The fourth-order valence-electron chi connectivity index (χ4n) is 2.66. The van der Waals surface area contributed by atoms with Crippen LogP contribution < -0.4 is 0 Å². The second-order valence-electron chi connectivity index (χ2n) is 5.55. The molecule has 0 saturated carbocycles. The van der Waals surface area contributed by atoms with Crippen LogP contribution >= 0.6 is 11.6 Å². The van der Waals surface area contributed by atoms with E-state index in [1.807, 2.05) is 12.1 Å². The highest BCUT2D eigenvalue weighted by Gasteiger charge is 2.10. The quantitative estimate of drug-likeness (QED) is 0.585. The van der Waals surface area contributed by atoms with Gasteiger partial charge in [0, 0.05) is 41.7 Å². The topological polar surface area (TPSA) is 31.2 Å². The van der Waals surface area contributed by atoms with Crippen LogP contribution in [0.15, 0.2) is 48.7 Å². The molecule has 0 atom stereocenters. The molecule has 1 heterocycles. The van der Waals surface area contributed by atoms with Crippen molar-refractivity contribution in [2.45, 2.75) is 20.8 Å². The summed E-state index contributed by atoms with van der Waals surface area (Å²) in [5.41, 5.74) is 5.00. The minimum Gasteiger partial charge on any atom is -0.466 e. The number of nitrogens with zero attached hydrogens (tertiary/aromatic N) is 1. The van der Waals surface area contributed by atoms with E-state index in [1.54, 1.807) is 6.92 Å². The Labute approximate surface area is 147 Å². The normalized spacial score (nSPS) is 10.2. The van der Waals surface area contributed by atoms with E-state index >= 15 is 0 Å². The summed E-state index contributed by atoms with van der Waals surface area (Å²) in [7, 11) is 2.07. The van der Waals surface area contributed by atoms with Crippen molar-refractivity contribution in [2.75, 3.05) is 6.61 Å². The zero-order valence-corrected chi connectivity index (χ0v) is 15.2. The minimum atomic E-state index is -0.211. The van der Waals surface area contributed by atoms with E-state index in [4.69, 9.17) is 11.6 Å². The lowest BCUT2D eigenvalue weighted by Gasteiger charge is -2.04. The molecule has 0 unspecified atom stereocenters. The van der Waals surface area contributed by atoms with Gasteiger partial charge < -0.3 is 9.30 Å².